The van der Waals surface area contributed by atoms with E-state index in [-0.39, 0.29) is 17.4 Å². The molecule has 0 radical (unpaired) electrons. The topological polar surface area (TPSA) is 76.2 Å². The van der Waals surface area contributed by atoms with Gasteiger partial charge in [0, 0.05) is 32.2 Å². The number of amides is 1. The Balaban J connectivity index is 1.52. The molecular weight excluding hydrogens is 344 g/mol. The fraction of sp³-hybridized carbons (Fsp3) is 0.588. The van der Waals surface area contributed by atoms with E-state index in [9.17, 15) is 13.2 Å². The Bertz CT molecular complexity index is 767. The molecule has 1 aromatic rings. The van der Waals surface area contributed by atoms with Crippen molar-refractivity contribution in [2.24, 2.45) is 0 Å². The van der Waals surface area contributed by atoms with Crippen LogP contribution in [0, 0.1) is 0 Å². The molecule has 136 valence electrons. The molecule has 1 aromatic carbocycles. The van der Waals surface area contributed by atoms with Gasteiger partial charge in [-0.15, -0.1) is 0 Å². The molecule has 0 bridgehead atoms. The first-order chi connectivity index (χ1) is 12.1. The molecule has 0 spiro atoms. The van der Waals surface area contributed by atoms with E-state index in [1.54, 1.807) is 11.0 Å². The summed E-state index contributed by atoms with van der Waals surface area (Å²) in [7, 11) is -3.49. The van der Waals surface area contributed by atoms with Gasteiger partial charge in [0.25, 0.3) is 5.91 Å². The fourth-order valence-corrected chi connectivity index (χ4v) is 5.09. The Labute approximate surface area is 147 Å². The van der Waals surface area contributed by atoms with Crippen molar-refractivity contribution in [2.45, 2.75) is 36.7 Å². The lowest BCUT2D eigenvalue weighted by Crippen LogP contribution is -2.45. The number of hydrogen-bond donors (Lipinski definition) is 0. The number of carbonyl (C=O) groups is 1. The quantitative estimate of drug-likeness (QED) is 0.804. The lowest BCUT2D eigenvalue weighted by Gasteiger charge is -2.29. The summed E-state index contributed by atoms with van der Waals surface area (Å²) in [5, 5.41) is 0. The maximum Gasteiger partial charge on any atom is 0.267 e. The van der Waals surface area contributed by atoms with Crippen molar-refractivity contribution in [1.82, 2.24) is 9.21 Å². The fourth-order valence-electron chi connectivity index (χ4n) is 3.55. The molecule has 0 unspecified atom stereocenters. The number of rotatable bonds is 3. The molecule has 2 fully saturated rings. The van der Waals surface area contributed by atoms with Gasteiger partial charge in [-0.25, -0.2) is 8.42 Å². The summed E-state index contributed by atoms with van der Waals surface area (Å²) < 4.78 is 38.2. The maximum atomic E-state index is 12.6. The Hall–Kier alpha value is -1.80. The van der Waals surface area contributed by atoms with Crippen LogP contribution in [0.5, 0.6) is 11.5 Å². The monoisotopic (exact) mass is 366 g/mol. The average Bonchev–Trinajstić information content (AvgIpc) is 3.33. The van der Waals surface area contributed by atoms with Crippen molar-refractivity contribution in [2.75, 3.05) is 32.8 Å². The summed E-state index contributed by atoms with van der Waals surface area (Å²) in [6.07, 6.45) is 3.17. The third-order valence-electron chi connectivity index (χ3n) is 4.97. The van der Waals surface area contributed by atoms with E-state index in [4.69, 9.17) is 9.47 Å². The lowest BCUT2D eigenvalue weighted by atomic mass is 10.2. The lowest BCUT2D eigenvalue weighted by molar-refractivity contribution is -0.140. The normalized spacial score (nSPS) is 23.8. The number of benzene rings is 1. The number of nitrogens with zero attached hydrogens (tertiary/aromatic N) is 2. The second kappa shape index (κ2) is 6.49. The molecule has 8 heteroatoms. The Morgan fingerprint density at radius 1 is 1.00 bits per heavy atom. The zero-order valence-electron chi connectivity index (χ0n) is 14.0. The molecule has 1 amide bonds. The van der Waals surface area contributed by atoms with Crippen LogP contribution in [-0.4, -0.2) is 62.4 Å². The third kappa shape index (κ3) is 3.08. The number of hydrogen-bond acceptors (Lipinski definition) is 5. The van der Waals surface area contributed by atoms with Crippen LogP contribution < -0.4 is 9.47 Å². The standard InChI is InChI=1S/C17H22N2O5S/c20-17(18-7-1-2-8-18)16-12-23-15-11-13(5-6-14(15)24-16)25(21,22)19-9-3-4-10-19/h5-6,11,16H,1-4,7-10,12H2/t16-/m1/s1. The molecule has 0 aliphatic carbocycles. The molecule has 0 N–H and O–H groups in total. The number of sulfonamides is 1. The molecule has 3 heterocycles. The highest BCUT2D eigenvalue weighted by Gasteiger charge is 2.34. The first kappa shape index (κ1) is 16.7. The van der Waals surface area contributed by atoms with Gasteiger partial charge in [-0.1, -0.05) is 0 Å². The summed E-state index contributed by atoms with van der Waals surface area (Å²) in [5.41, 5.74) is 0. The molecular formula is C17H22N2O5S. The molecule has 3 aliphatic heterocycles. The zero-order chi connectivity index (χ0) is 17.4. The first-order valence-corrected chi connectivity index (χ1v) is 10.2. The molecule has 0 aromatic heterocycles. The largest absolute Gasteiger partial charge is 0.485 e. The van der Waals surface area contributed by atoms with Crippen LogP contribution in [0.1, 0.15) is 25.7 Å². The van der Waals surface area contributed by atoms with Crippen molar-refractivity contribution in [1.29, 1.82) is 0 Å². The Morgan fingerprint density at radius 3 is 2.40 bits per heavy atom. The van der Waals surface area contributed by atoms with Gasteiger partial charge in [0.05, 0.1) is 4.90 Å². The summed E-state index contributed by atoms with van der Waals surface area (Å²) in [4.78, 5) is 14.4. The van der Waals surface area contributed by atoms with Crippen LogP contribution in [0.4, 0.5) is 0 Å². The van der Waals surface area contributed by atoms with Crippen molar-refractivity contribution in [3.63, 3.8) is 0 Å². The van der Waals surface area contributed by atoms with E-state index in [0.717, 1.165) is 38.8 Å². The number of likely N-dealkylation sites (tertiary alicyclic amines) is 1. The van der Waals surface area contributed by atoms with Crippen molar-refractivity contribution >= 4 is 15.9 Å². The van der Waals surface area contributed by atoms with Gasteiger partial charge in [-0.2, -0.15) is 4.31 Å². The van der Waals surface area contributed by atoms with Crippen LogP contribution >= 0.6 is 0 Å². The minimum absolute atomic E-state index is 0.0584. The molecule has 0 saturated carbocycles. The van der Waals surface area contributed by atoms with Gasteiger partial charge in [-0.05, 0) is 37.8 Å². The minimum atomic E-state index is -3.49. The van der Waals surface area contributed by atoms with E-state index in [1.165, 1.54) is 16.4 Å². The van der Waals surface area contributed by atoms with E-state index in [0.29, 0.717) is 24.6 Å². The molecule has 1 atom stereocenters. The highest BCUT2D eigenvalue weighted by Crippen LogP contribution is 2.35. The smallest absolute Gasteiger partial charge is 0.267 e. The number of ether oxygens (including phenoxy) is 2. The highest BCUT2D eigenvalue weighted by molar-refractivity contribution is 7.89. The maximum absolute atomic E-state index is 12.6. The number of fused-ring (bicyclic) bond motifs is 1. The van der Waals surface area contributed by atoms with Gasteiger partial charge in [0.2, 0.25) is 16.1 Å². The second-order valence-corrected chi connectivity index (χ2v) is 8.61. The van der Waals surface area contributed by atoms with Crippen LogP contribution in [0.15, 0.2) is 23.1 Å². The Kier molecular flexibility index (Phi) is 4.33. The predicted octanol–water partition coefficient (Wildman–Crippen LogP) is 1.23. The van der Waals surface area contributed by atoms with E-state index in [2.05, 4.69) is 0 Å². The molecule has 25 heavy (non-hydrogen) atoms. The van der Waals surface area contributed by atoms with E-state index < -0.39 is 16.1 Å². The average molecular weight is 366 g/mol. The second-order valence-electron chi connectivity index (χ2n) is 6.67. The SMILES string of the molecule is O=C([C@H]1COc2cc(S(=O)(=O)N3CCCC3)ccc2O1)N1CCCC1. The number of carbonyl (C=O) groups excluding carboxylic acids is 1. The summed E-state index contributed by atoms with van der Waals surface area (Å²) in [6, 6.07) is 4.61. The third-order valence-corrected chi connectivity index (χ3v) is 6.87. The molecule has 4 rings (SSSR count). The van der Waals surface area contributed by atoms with Crippen LogP contribution in [0.3, 0.4) is 0 Å². The van der Waals surface area contributed by atoms with Gasteiger partial charge < -0.3 is 14.4 Å². The van der Waals surface area contributed by atoms with Gasteiger partial charge >= 0.3 is 0 Å². The summed E-state index contributed by atoms with van der Waals surface area (Å²) in [5.74, 6) is 0.742. The summed E-state index contributed by atoms with van der Waals surface area (Å²) in [6.45, 7) is 2.75. The predicted molar refractivity (Wildman–Crippen MR) is 90.2 cm³/mol. The Morgan fingerprint density at radius 2 is 1.68 bits per heavy atom. The molecule has 7 nitrogen and oxygen atoms in total. The van der Waals surface area contributed by atoms with Crippen LogP contribution in [0.2, 0.25) is 0 Å². The van der Waals surface area contributed by atoms with Gasteiger partial charge in [0.15, 0.2) is 11.5 Å². The van der Waals surface area contributed by atoms with Crippen molar-refractivity contribution in [3.8, 4) is 11.5 Å². The van der Waals surface area contributed by atoms with Crippen LogP contribution in [0.25, 0.3) is 0 Å². The zero-order valence-corrected chi connectivity index (χ0v) is 14.8. The highest BCUT2D eigenvalue weighted by atomic mass is 32.2. The summed E-state index contributed by atoms with van der Waals surface area (Å²) >= 11 is 0. The van der Waals surface area contributed by atoms with E-state index >= 15 is 0 Å². The van der Waals surface area contributed by atoms with Crippen molar-refractivity contribution < 1.29 is 22.7 Å². The van der Waals surface area contributed by atoms with Gasteiger partial charge in [0.1, 0.15) is 6.61 Å². The van der Waals surface area contributed by atoms with Crippen molar-refractivity contribution in [3.05, 3.63) is 18.2 Å². The molecule has 3 aliphatic rings. The molecule has 2 saturated heterocycles. The van der Waals surface area contributed by atoms with Crippen LogP contribution in [-0.2, 0) is 14.8 Å². The van der Waals surface area contributed by atoms with E-state index in [1.807, 2.05) is 0 Å². The van der Waals surface area contributed by atoms with Gasteiger partial charge in [-0.3, -0.25) is 4.79 Å². The first-order valence-electron chi connectivity index (χ1n) is 8.78. The minimum Gasteiger partial charge on any atom is -0.485 e.